The first-order chi connectivity index (χ1) is 14.3. The maximum atomic E-state index is 13.8. The van der Waals surface area contributed by atoms with Crippen molar-refractivity contribution in [3.05, 3.63) is 70.6 Å². The minimum Gasteiger partial charge on any atom is -0.507 e. The van der Waals surface area contributed by atoms with Crippen LogP contribution in [0.5, 0.6) is 5.75 Å². The summed E-state index contributed by atoms with van der Waals surface area (Å²) in [6, 6.07) is 9.76. The highest BCUT2D eigenvalue weighted by atomic mass is 35.5. The minimum atomic E-state index is -1.06. The first-order valence-electron chi connectivity index (χ1n) is 9.07. The number of hydrogen-bond donors (Lipinski definition) is 1. The molecule has 0 atom stereocenters. The van der Waals surface area contributed by atoms with E-state index in [0.29, 0.717) is 22.2 Å². The first-order valence-corrected chi connectivity index (χ1v) is 9.45. The molecule has 0 spiro atoms. The van der Waals surface area contributed by atoms with Crippen LogP contribution in [0.25, 0.3) is 16.7 Å². The van der Waals surface area contributed by atoms with Gasteiger partial charge in [-0.2, -0.15) is 0 Å². The Labute approximate surface area is 177 Å². The Morgan fingerprint density at radius 2 is 2.03 bits per heavy atom. The van der Waals surface area contributed by atoms with E-state index in [-0.39, 0.29) is 23.7 Å². The van der Waals surface area contributed by atoms with E-state index in [1.807, 2.05) is 0 Å². The van der Waals surface area contributed by atoms with Crippen LogP contribution in [0.15, 0.2) is 48.7 Å². The molecule has 1 aromatic heterocycles. The molecular formula is C22H19ClFNO5. The predicted octanol–water partition coefficient (Wildman–Crippen LogP) is 4.52. The number of fused-ring (bicyclic) bond motifs is 1. The smallest absolute Gasteiger partial charge is 0.379 e. The molecule has 0 fully saturated rings. The quantitative estimate of drug-likeness (QED) is 0.257. The average Bonchev–Trinajstić information content (AvgIpc) is 3.09. The van der Waals surface area contributed by atoms with Crippen molar-refractivity contribution in [1.82, 2.24) is 4.57 Å². The number of aromatic nitrogens is 1. The molecule has 30 heavy (non-hydrogen) atoms. The van der Waals surface area contributed by atoms with Gasteiger partial charge in [0.2, 0.25) is 0 Å². The number of halogens is 2. The summed E-state index contributed by atoms with van der Waals surface area (Å²) in [5.74, 6) is -2.52. The highest BCUT2D eigenvalue weighted by Gasteiger charge is 2.19. The molecule has 1 heterocycles. The number of aliphatic hydroxyl groups is 1. The van der Waals surface area contributed by atoms with Gasteiger partial charge in [-0.15, -0.1) is 0 Å². The van der Waals surface area contributed by atoms with Gasteiger partial charge in [-0.3, -0.25) is 4.79 Å². The summed E-state index contributed by atoms with van der Waals surface area (Å²) >= 11 is 5.75. The second kappa shape index (κ2) is 9.00. The molecule has 0 aliphatic carbocycles. The Balaban J connectivity index is 2.09. The maximum Gasteiger partial charge on any atom is 0.379 e. The number of ketones is 1. The first kappa shape index (κ1) is 21.4. The molecule has 8 heteroatoms. The van der Waals surface area contributed by atoms with E-state index >= 15 is 0 Å². The minimum absolute atomic E-state index is 0.0246. The lowest BCUT2D eigenvalue weighted by Gasteiger charge is -2.07. The van der Waals surface area contributed by atoms with E-state index in [0.717, 1.165) is 6.08 Å². The lowest BCUT2D eigenvalue weighted by Crippen LogP contribution is -2.15. The second-order valence-corrected chi connectivity index (χ2v) is 6.80. The van der Waals surface area contributed by atoms with Gasteiger partial charge < -0.3 is 19.1 Å². The number of nitrogens with zero attached hydrogens (tertiary/aromatic N) is 1. The van der Waals surface area contributed by atoms with Crippen LogP contribution in [0.1, 0.15) is 18.1 Å². The molecule has 0 unspecified atom stereocenters. The van der Waals surface area contributed by atoms with Crippen LogP contribution in [0, 0.1) is 5.82 Å². The Kier molecular flexibility index (Phi) is 6.42. The number of carbonyl (C=O) groups excluding carboxylic acids is 2. The molecular weight excluding hydrogens is 413 g/mol. The molecule has 0 saturated heterocycles. The highest BCUT2D eigenvalue weighted by molar-refractivity contribution is 6.39. The number of rotatable bonds is 7. The summed E-state index contributed by atoms with van der Waals surface area (Å²) in [7, 11) is 1.48. The van der Waals surface area contributed by atoms with E-state index in [1.54, 1.807) is 42.0 Å². The summed E-state index contributed by atoms with van der Waals surface area (Å²) in [6.45, 7) is 1.90. The van der Waals surface area contributed by atoms with Crippen molar-refractivity contribution < 1.29 is 28.6 Å². The van der Waals surface area contributed by atoms with Gasteiger partial charge in [-0.1, -0.05) is 23.7 Å². The van der Waals surface area contributed by atoms with Gasteiger partial charge in [0.05, 0.1) is 29.6 Å². The number of ether oxygens (including phenoxy) is 2. The van der Waals surface area contributed by atoms with Gasteiger partial charge in [0.1, 0.15) is 17.3 Å². The Morgan fingerprint density at radius 1 is 1.27 bits per heavy atom. The van der Waals surface area contributed by atoms with Crippen LogP contribution < -0.4 is 4.74 Å². The van der Waals surface area contributed by atoms with Gasteiger partial charge in [0.25, 0.3) is 5.78 Å². The van der Waals surface area contributed by atoms with E-state index < -0.39 is 23.3 Å². The summed E-state index contributed by atoms with van der Waals surface area (Å²) in [4.78, 5) is 23.6. The fourth-order valence-corrected chi connectivity index (χ4v) is 3.23. The molecule has 3 rings (SSSR count). The molecule has 3 aromatic rings. The van der Waals surface area contributed by atoms with Crippen molar-refractivity contribution in [1.29, 1.82) is 0 Å². The summed E-state index contributed by atoms with van der Waals surface area (Å²) in [5.41, 5.74) is 1.62. The van der Waals surface area contributed by atoms with Crippen molar-refractivity contribution in [3.8, 4) is 5.75 Å². The SMILES string of the molecule is CCOC(=O)C(=O)C=C(O)c1cn(Cc2ccc(Cl)c(F)c2)c2cccc(OC)c12. The fourth-order valence-electron chi connectivity index (χ4n) is 3.11. The fraction of sp³-hybridized carbons (Fsp3) is 0.182. The monoisotopic (exact) mass is 431 g/mol. The Bertz CT molecular complexity index is 1150. The van der Waals surface area contributed by atoms with Gasteiger partial charge >= 0.3 is 5.97 Å². The van der Waals surface area contributed by atoms with Gasteiger partial charge in [-0.25, -0.2) is 9.18 Å². The molecule has 0 aliphatic heterocycles. The van der Waals surface area contributed by atoms with Crippen molar-refractivity contribution in [2.45, 2.75) is 13.5 Å². The summed E-state index contributed by atoms with van der Waals surface area (Å²) in [5, 5.41) is 11.1. The zero-order chi connectivity index (χ0) is 21.8. The predicted molar refractivity (Wildman–Crippen MR) is 111 cm³/mol. The van der Waals surface area contributed by atoms with E-state index in [4.69, 9.17) is 16.3 Å². The van der Waals surface area contributed by atoms with Gasteiger partial charge in [0.15, 0.2) is 0 Å². The summed E-state index contributed by atoms with van der Waals surface area (Å²) in [6.07, 6.45) is 2.41. The van der Waals surface area contributed by atoms with Crippen molar-refractivity contribution in [2.24, 2.45) is 0 Å². The number of esters is 1. The van der Waals surface area contributed by atoms with Crippen molar-refractivity contribution >= 4 is 40.0 Å². The second-order valence-electron chi connectivity index (χ2n) is 6.39. The molecule has 0 aliphatic rings. The molecule has 156 valence electrons. The topological polar surface area (TPSA) is 77.8 Å². The third-order valence-electron chi connectivity index (χ3n) is 4.45. The average molecular weight is 432 g/mol. The molecule has 0 amide bonds. The van der Waals surface area contributed by atoms with E-state index in [9.17, 15) is 19.1 Å². The standard InChI is InChI=1S/C22H19ClFNO5/c1-3-30-22(28)19(27)10-18(26)14-12-25(11-13-7-8-15(23)16(24)9-13)17-5-4-6-20(29-2)21(14)17/h4-10,12,26H,3,11H2,1-2H3. The zero-order valence-corrected chi connectivity index (χ0v) is 17.1. The maximum absolute atomic E-state index is 13.8. The zero-order valence-electron chi connectivity index (χ0n) is 16.3. The lowest BCUT2D eigenvalue weighted by molar-refractivity contribution is -0.151. The van der Waals surface area contributed by atoms with Crippen LogP contribution in [0.3, 0.4) is 0 Å². The van der Waals surface area contributed by atoms with Crippen molar-refractivity contribution in [3.63, 3.8) is 0 Å². The van der Waals surface area contributed by atoms with Gasteiger partial charge in [0, 0.05) is 24.4 Å². The summed E-state index contributed by atoms with van der Waals surface area (Å²) < 4.78 is 25.7. The largest absolute Gasteiger partial charge is 0.507 e. The number of methoxy groups -OCH3 is 1. The number of hydrogen-bond acceptors (Lipinski definition) is 5. The molecule has 0 saturated carbocycles. The van der Waals surface area contributed by atoms with E-state index in [2.05, 4.69) is 4.74 Å². The van der Waals surface area contributed by atoms with Gasteiger partial charge in [-0.05, 0) is 36.8 Å². The normalized spacial score (nSPS) is 11.5. The molecule has 1 N–H and O–H groups in total. The highest BCUT2D eigenvalue weighted by Crippen LogP contribution is 2.34. The number of benzene rings is 2. The molecule has 0 radical (unpaired) electrons. The third-order valence-corrected chi connectivity index (χ3v) is 4.75. The van der Waals surface area contributed by atoms with Crippen LogP contribution >= 0.6 is 11.6 Å². The van der Waals surface area contributed by atoms with Crippen LogP contribution in [0.2, 0.25) is 5.02 Å². The van der Waals surface area contributed by atoms with E-state index in [1.165, 1.54) is 19.2 Å². The van der Waals surface area contributed by atoms with Crippen LogP contribution in [-0.4, -0.2) is 35.1 Å². The number of aliphatic hydroxyl groups excluding tert-OH is 1. The number of carbonyl (C=O) groups is 2. The molecule has 0 bridgehead atoms. The molecule has 6 nitrogen and oxygen atoms in total. The Morgan fingerprint density at radius 3 is 2.70 bits per heavy atom. The van der Waals surface area contributed by atoms with Crippen LogP contribution in [0.4, 0.5) is 4.39 Å². The lowest BCUT2D eigenvalue weighted by atomic mass is 10.1. The molecule has 2 aromatic carbocycles. The third kappa shape index (κ3) is 4.31. The van der Waals surface area contributed by atoms with Crippen LogP contribution in [-0.2, 0) is 20.9 Å². The Hall–Kier alpha value is -3.32. The van der Waals surface area contributed by atoms with Crippen molar-refractivity contribution in [2.75, 3.05) is 13.7 Å².